The summed E-state index contributed by atoms with van der Waals surface area (Å²) in [5.41, 5.74) is 0. The van der Waals surface area contributed by atoms with Crippen molar-refractivity contribution in [2.45, 2.75) is 33.1 Å². The number of hydrogen-bond donors (Lipinski definition) is 1. The largest absolute Gasteiger partial charge is 0.355 e. The maximum Gasteiger partial charge on any atom is 0.225 e. The number of rotatable bonds is 7. The Hall–Kier alpha value is -1.89. The molecule has 2 aliphatic heterocycles. The topological polar surface area (TPSA) is 59.9 Å². The van der Waals surface area contributed by atoms with Gasteiger partial charge in [-0.3, -0.25) is 9.89 Å². The minimum absolute atomic E-state index is 0.821. The van der Waals surface area contributed by atoms with E-state index in [1.807, 2.05) is 25.5 Å². The number of aromatic nitrogens is 2. The van der Waals surface area contributed by atoms with Gasteiger partial charge in [0.15, 0.2) is 5.96 Å². The molecule has 0 bridgehead atoms. The predicted octanol–water partition coefficient (Wildman–Crippen LogP) is 1.93. The Bertz CT molecular complexity index is 594. The molecular formula is C21H37N7. The van der Waals surface area contributed by atoms with Crippen LogP contribution in [-0.4, -0.2) is 85.1 Å². The zero-order valence-corrected chi connectivity index (χ0v) is 17.8. The predicted molar refractivity (Wildman–Crippen MR) is 116 cm³/mol. The van der Waals surface area contributed by atoms with Gasteiger partial charge in [0.05, 0.1) is 0 Å². The van der Waals surface area contributed by atoms with Crippen LogP contribution < -0.4 is 10.2 Å². The highest BCUT2D eigenvalue weighted by molar-refractivity contribution is 5.80. The molecule has 7 heteroatoms. The van der Waals surface area contributed by atoms with Crippen LogP contribution in [0.2, 0.25) is 0 Å². The Balaban J connectivity index is 1.38. The third kappa shape index (κ3) is 5.34. The normalized spacial score (nSPS) is 21.6. The van der Waals surface area contributed by atoms with Gasteiger partial charge in [-0.15, -0.1) is 0 Å². The number of aliphatic imine (C=N–C) groups is 1. The molecule has 1 atom stereocenters. The van der Waals surface area contributed by atoms with Crippen LogP contribution in [0.1, 0.15) is 33.1 Å². The Kier molecular flexibility index (Phi) is 7.89. The summed E-state index contributed by atoms with van der Waals surface area (Å²) in [6.45, 7) is 13.0. The van der Waals surface area contributed by atoms with Crippen molar-refractivity contribution in [3.05, 3.63) is 18.5 Å². The maximum absolute atomic E-state index is 4.54. The third-order valence-electron chi connectivity index (χ3n) is 6.37. The van der Waals surface area contributed by atoms with Crippen LogP contribution >= 0.6 is 0 Å². The molecule has 0 aliphatic carbocycles. The van der Waals surface area contributed by atoms with Gasteiger partial charge in [-0.25, -0.2) is 9.97 Å². The molecule has 0 spiro atoms. The second-order valence-corrected chi connectivity index (χ2v) is 7.92. The summed E-state index contributed by atoms with van der Waals surface area (Å²) in [7, 11) is 1.91. The van der Waals surface area contributed by atoms with Crippen LogP contribution in [0.3, 0.4) is 0 Å². The molecule has 28 heavy (non-hydrogen) atoms. The molecule has 1 aromatic heterocycles. The van der Waals surface area contributed by atoms with E-state index in [4.69, 9.17) is 0 Å². The molecule has 0 saturated carbocycles. The number of likely N-dealkylation sites (tertiary alicyclic amines) is 1. The minimum atomic E-state index is 0.821. The fourth-order valence-electron chi connectivity index (χ4n) is 4.60. The van der Waals surface area contributed by atoms with Crippen molar-refractivity contribution in [1.29, 1.82) is 0 Å². The zero-order chi connectivity index (χ0) is 19.8. The highest BCUT2D eigenvalue weighted by Gasteiger charge is 2.29. The number of nitrogens with one attached hydrogen (secondary N) is 1. The van der Waals surface area contributed by atoms with Gasteiger partial charge in [0.25, 0.3) is 0 Å². The average molecular weight is 388 g/mol. The summed E-state index contributed by atoms with van der Waals surface area (Å²) in [6, 6.07) is 1.87. The monoisotopic (exact) mass is 387 g/mol. The Labute approximate surface area is 170 Å². The summed E-state index contributed by atoms with van der Waals surface area (Å²) < 4.78 is 0. The second-order valence-electron chi connectivity index (χ2n) is 7.92. The zero-order valence-electron chi connectivity index (χ0n) is 17.8. The minimum Gasteiger partial charge on any atom is -0.355 e. The van der Waals surface area contributed by atoms with Crippen LogP contribution in [-0.2, 0) is 0 Å². The third-order valence-corrected chi connectivity index (χ3v) is 6.37. The molecule has 0 aromatic carbocycles. The van der Waals surface area contributed by atoms with Crippen molar-refractivity contribution < 1.29 is 0 Å². The number of guanidine groups is 1. The molecule has 2 fully saturated rings. The summed E-state index contributed by atoms with van der Waals surface area (Å²) in [4.78, 5) is 20.5. The van der Waals surface area contributed by atoms with E-state index in [0.717, 1.165) is 76.1 Å². The van der Waals surface area contributed by atoms with Crippen LogP contribution in [0.5, 0.6) is 0 Å². The van der Waals surface area contributed by atoms with Crippen LogP contribution in [0.15, 0.2) is 23.5 Å². The van der Waals surface area contributed by atoms with Crippen LogP contribution in [0.4, 0.5) is 5.95 Å². The molecule has 1 N–H and O–H groups in total. The van der Waals surface area contributed by atoms with Crippen molar-refractivity contribution >= 4 is 11.9 Å². The van der Waals surface area contributed by atoms with Gasteiger partial charge < -0.3 is 15.1 Å². The Morgan fingerprint density at radius 3 is 2.50 bits per heavy atom. The quantitative estimate of drug-likeness (QED) is 0.570. The molecule has 156 valence electrons. The molecule has 1 aromatic rings. The Morgan fingerprint density at radius 1 is 1.14 bits per heavy atom. The van der Waals surface area contributed by atoms with E-state index in [9.17, 15) is 0 Å². The van der Waals surface area contributed by atoms with E-state index in [-0.39, 0.29) is 0 Å². The van der Waals surface area contributed by atoms with Crippen LogP contribution in [0, 0.1) is 11.8 Å². The van der Waals surface area contributed by atoms with Gasteiger partial charge in [0.2, 0.25) is 5.95 Å². The number of piperazine rings is 1. The molecule has 2 aliphatic rings. The fraction of sp³-hybridized carbons (Fsp3) is 0.762. The van der Waals surface area contributed by atoms with E-state index in [0.29, 0.717) is 0 Å². The van der Waals surface area contributed by atoms with E-state index in [1.165, 1.54) is 19.3 Å². The standard InChI is InChI=1S/C21H37N7/c1-4-18(5-2)19-7-11-28(17-19)20(22-3)25-10-12-26-13-15-27(16-14-26)21-23-8-6-9-24-21/h6,8-9,18-19H,4-5,7,10-17H2,1-3H3,(H,22,25). The van der Waals surface area contributed by atoms with Gasteiger partial charge in [-0.2, -0.15) is 0 Å². The van der Waals surface area contributed by atoms with E-state index in [2.05, 4.69) is 48.8 Å². The maximum atomic E-state index is 4.54. The summed E-state index contributed by atoms with van der Waals surface area (Å²) in [5, 5.41) is 3.59. The first kappa shape index (κ1) is 20.8. The molecular weight excluding hydrogens is 350 g/mol. The van der Waals surface area contributed by atoms with Crippen molar-refractivity contribution in [2.24, 2.45) is 16.8 Å². The summed E-state index contributed by atoms with van der Waals surface area (Å²) >= 11 is 0. The average Bonchev–Trinajstić information content (AvgIpc) is 3.23. The fourth-order valence-corrected chi connectivity index (χ4v) is 4.60. The van der Waals surface area contributed by atoms with Gasteiger partial charge in [0.1, 0.15) is 0 Å². The number of hydrogen-bond acceptors (Lipinski definition) is 5. The first-order valence-corrected chi connectivity index (χ1v) is 10.9. The van der Waals surface area contributed by atoms with E-state index >= 15 is 0 Å². The van der Waals surface area contributed by atoms with Crippen LogP contribution in [0.25, 0.3) is 0 Å². The Morgan fingerprint density at radius 2 is 1.86 bits per heavy atom. The van der Waals surface area contributed by atoms with Gasteiger partial charge in [-0.1, -0.05) is 26.7 Å². The van der Waals surface area contributed by atoms with Gasteiger partial charge >= 0.3 is 0 Å². The first-order valence-electron chi connectivity index (χ1n) is 10.9. The highest BCUT2D eigenvalue weighted by atomic mass is 15.3. The summed E-state index contributed by atoms with van der Waals surface area (Å²) in [5.74, 6) is 3.60. The molecule has 7 nitrogen and oxygen atoms in total. The van der Waals surface area contributed by atoms with Gasteiger partial charge in [0, 0.05) is 71.8 Å². The van der Waals surface area contributed by atoms with Crippen molar-refractivity contribution in [3.8, 4) is 0 Å². The molecule has 3 rings (SSSR count). The lowest BCUT2D eigenvalue weighted by atomic mass is 9.87. The van der Waals surface area contributed by atoms with E-state index in [1.54, 1.807) is 0 Å². The summed E-state index contributed by atoms with van der Waals surface area (Å²) in [6.07, 6.45) is 7.52. The van der Waals surface area contributed by atoms with Crippen molar-refractivity contribution in [3.63, 3.8) is 0 Å². The molecule has 2 saturated heterocycles. The molecule has 0 amide bonds. The first-order chi connectivity index (χ1) is 13.7. The molecule has 1 unspecified atom stereocenters. The lowest BCUT2D eigenvalue weighted by molar-refractivity contribution is 0.259. The number of nitrogens with zero attached hydrogens (tertiary/aromatic N) is 6. The molecule has 0 radical (unpaired) electrons. The second kappa shape index (κ2) is 10.6. The molecule has 3 heterocycles. The van der Waals surface area contributed by atoms with Crippen molar-refractivity contribution in [1.82, 2.24) is 25.1 Å². The van der Waals surface area contributed by atoms with E-state index < -0.39 is 0 Å². The smallest absolute Gasteiger partial charge is 0.225 e. The lowest BCUT2D eigenvalue weighted by Crippen LogP contribution is -2.50. The van der Waals surface area contributed by atoms with Gasteiger partial charge in [-0.05, 0) is 24.3 Å². The highest BCUT2D eigenvalue weighted by Crippen LogP contribution is 2.28. The SMILES string of the molecule is CCC(CC)C1CCN(C(=NC)NCCN2CCN(c3ncccn3)CC2)C1. The lowest BCUT2D eigenvalue weighted by Gasteiger charge is -2.34. The number of anilines is 1. The van der Waals surface area contributed by atoms with Crippen molar-refractivity contribution in [2.75, 3.05) is 64.3 Å².